The standard InChI is InChI=1S/C15H13N/c1-2-7-13-12(5-1)15-11-6-3-4-10(11)8-9-14(15)16-13/h1-2,5,7,9H,3-4,6,8H2. The first-order chi connectivity index (χ1) is 7.93. The van der Waals surface area contributed by atoms with Crippen molar-refractivity contribution in [1.29, 1.82) is 0 Å². The molecule has 1 aliphatic heterocycles. The van der Waals surface area contributed by atoms with Crippen molar-refractivity contribution < 1.29 is 0 Å². The molecular weight excluding hydrogens is 194 g/mol. The van der Waals surface area contributed by atoms with E-state index in [4.69, 9.17) is 4.99 Å². The summed E-state index contributed by atoms with van der Waals surface area (Å²) < 4.78 is 0. The first-order valence-corrected chi connectivity index (χ1v) is 6.03. The van der Waals surface area contributed by atoms with Crippen LogP contribution in [0, 0.1) is 0 Å². The van der Waals surface area contributed by atoms with Crippen LogP contribution in [0.4, 0.5) is 0 Å². The number of rotatable bonds is 0. The zero-order valence-electron chi connectivity index (χ0n) is 9.16. The molecule has 0 radical (unpaired) electrons. The Morgan fingerprint density at radius 1 is 1.06 bits per heavy atom. The van der Waals surface area contributed by atoms with Crippen LogP contribution in [0.15, 0.2) is 52.2 Å². The Kier molecular flexibility index (Phi) is 1.57. The van der Waals surface area contributed by atoms with E-state index in [0.29, 0.717) is 0 Å². The summed E-state index contributed by atoms with van der Waals surface area (Å²) in [5.74, 6) is 0. The van der Waals surface area contributed by atoms with Gasteiger partial charge in [0, 0.05) is 10.8 Å². The van der Waals surface area contributed by atoms with Gasteiger partial charge in [-0.3, -0.25) is 0 Å². The molecule has 1 heteroatoms. The highest BCUT2D eigenvalue weighted by molar-refractivity contribution is 5.82. The lowest BCUT2D eigenvalue weighted by Gasteiger charge is -2.14. The Hall–Kier alpha value is -1.63. The van der Waals surface area contributed by atoms with Crippen molar-refractivity contribution in [3.05, 3.63) is 57.8 Å². The quantitative estimate of drug-likeness (QED) is 0.618. The summed E-state index contributed by atoms with van der Waals surface area (Å²) in [7, 11) is 0. The van der Waals surface area contributed by atoms with E-state index < -0.39 is 0 Å². The van der Waals surface area contributed by atoms with Crippen molar-refractivity contribution >= 4 is 5.57 Å². The number of hydrogen-bond donors (Lipinski definition) is 0. The van der Waals surface area contributed by atoms with E-state index in [1.807, 2.05) is 0 Å². The largest absolute Gasteiger partial charge is 0.248 e. The number of para-hydroxylation sites is 1. The maximum absolute atomic E-state index is 4.72. The predicted octanol–water partition coefficient (Wildman–Crippen LogP) is 2.24. The van der Waals surface area contributed by atoms with Crippen molar-refractivity contribution in [3.63, 3.8) is 0 Å². The van der Waals surface area contributed by atoms with E-state index in [-0.39, 0.29) is 0 Å². The molecule has 0 fully saturated rings. The number of fused-ring (bicyclic) bond motifs is 3. The van der Waals surface area contributed by atoms with Crippen LogP contribution >= 0.6 is 0 Å². The fourth-order valence-corrected chi connectivity index (χ4v) is 3.12. The predicted molar refractivity (Wildman–Crippen MR) is 64.2 cm³/mol. The van der Waals surface area contributed by atoms with Crippen molar-refractivity contribution in [3.8, 4) is 0 Å². The van der Waals surface area contributed by atoms with Gasteiger partial charge < -0.3 is 0 Å². The average Bonchev–Trinajstić information content (AvgIpc) is 2.91. The van der Waals surface area contributed by atoms with E-state index in [9.17, 15) is 0 Å². The summed E-state index contributed by atoms with van der Waals surface area (Å²) in [6.07, 6.45) is 7.32. The maximum atomic E-state index is 4.72. The molecule has 1 heterocycles. The second-order valence-electron chi connectivity index (χ2n) is 4.73. The molecule has 2 aliphatic carbocycles. The van der Waals surface area contributed by atoms with Gasteiger partial charge in [0.15, 0.2) is 0 Å². The van der Waals surface area contributed by atoms with Gasteiger partial charge in [0.1, 0.15) is 0 Å². The third-order valence-corrected chi connectivity index (χ3v) is 3.85. The summed E-state index contributed by atoms with van der Waals surface area (Å²) in [5, 5.41) is 2.51. The molecule has 1 nitrogen and oxygen atoms in total. The molecule has 0 amide bonds. The molecule has 4 rings (SSSR count). The minimum Gasteiger partial charge on any atom is -0.248 e. The molecule has 0 unspecified atom stereocenters. The zero-order valence-corrected chi connectivity index (χ0v) is 9.16. The van der Waals surface area contributed by atoms with Gasteiger partial charge in [0.05, 0.1) is 11.1 Å². The minimum atomic E-state index is 1.13. The van der Waals surface area contributed by atoms with Crippen molar-refractivity contribution in [2.24, 2.45) is 4.99 Å². The third kappa shape index (κ3) is 0.981. The topological polar surface area (TPSA) is 12.4 Å². The molecule has 1 aromatic carbocycles. The van der Waals surface area contributed by atoms with Gasteiger partial charge in [-0.05, 0) is 37.3 Å². The maximum Gasteiger partial charge on any atom is 0.0716 e. The second-order valence-corrected chi connectivity index (χ2v) is 4.73. The smallest absolute Gasteiger partial charge is 0.0716 e. The summed E-state index contributed by atoms with van der Waals surface area (Å²) in [4.78, 5) is 4.72. The number of allylic oxidation sites excluding steroid dienone is 3. The van der Waals surface area contributed by atoms with Gasteiger partial charge in [-0.2, -0.15) is 0 Å². The van der Waals surface area contributed by atoms with Crippen molar-refractivity contribution in [2.45, 2.75) is 25.7 Å². The van der Waals surface area contributed by atoms with E-state index in [1.54, 1.807) is 11.1 Å². The normalized spacial score (nSPS) is 21.2. The molecule has 3 aliphatic rings. The van der Waals surface area contributed by atoms with E-state index in [1.165, 1.54) is 35.8 Å². The van der Waals surface area contributed by atoms with Gasteiger partial charge >= 0.3 is 0 Å². The Morgan fingerprint density at radius 3 is 3.00 bits per heavy atom. The van der Waals surface area contributed by atoms with E-state index in [2.05, 4.69) is 30.3 Å². The highest BCUT2D eigenvalue weighted by Gasteiger charge is 2.26. The van der Waals surface area contributed by atoms with Gasteiger partial charge in [0.2, 0.25) is 0 Å². The fourth-order valence-electron chi connectivity index (χ4n) is 3.12. The summed E-state index contributed by atoms with van der Waals surface area (Å²) in [6.45, 7) is 0. The Balaban J connectivity index is 2.13. The molecule has 0 saturated heterocycles. The molecule has 16 heavy (non-hydrogen) atoms. The average molecular weight is 207 g/mol. The number of benzene rings is 1. The third-order valence-electron chi connectivity index (χ3n) is 3.85. The van der Waals surface area contributed by atoms with Gasteiger partial charge in [-0.1, -0.05) is 29.8 Å². The lowest BCUT2D eigenvalue weighted by molar-refractivity contribution is 0.890. The lowest BCUT2D eigenvalue weighted by atomic mass is 9.92. The van der Waals surface area contributed by atoms with Crippen LogP contribution in [0.25, 0.3) is 5.57 Å². The highest BCUT2D eigenvalue weighted by Crippen LogP contribution is 2.41. The second kappa shape index (κ2) is 2.94. The van der Waals surface area contributed by atoms with Crippen molar-refractivity contribution in [1.82, 2.24) is 0 Å². The number of nitrogens with zero attached hydrogens (tertiary/aromatic N) is 1. The minimum absolute atomic E-state index is 1.13. The Morgan fingerprint density at radius 2 is 2.00 bits per heavy atom. The molecular formula is C15H13N. The van der Waals surface area contributed by atoms with Gasteiger partial charge in [-0.25, -0.2) is 4.99 Å². The SMILES string of the molecule is C1=C2N=c3ccccc3=C2C2=C(C1)CCC2. The van der Waals surface area contributed by atoms with Gasteiger partial charge in [-0.15, -0.1) is 0 Å². The Bertz CT molecular complexity index is 659. The van der Waals surface area contributed by atoms with Crippen molar-refractivity contribution in [2.75, 3.05) is 0 Å². The first-order valence-electron chi connectivity index (χ1n) is 6.03. The number of hydrogen-bond acceptors (Lipinski definition) is 1. The van der Waals surface area contributed by atoms with Crippen LogP contribution in [-0.2, 0) is 0 Å². The van der Waals surface area contributed by atoms with Crippen LogP contribution in [0.3, 0.4) is 0 Å². The molecule has 78 valence electrons. The Labute approximate surface area is 94.5 Å². The molecule has 0 spiro atoms. The molecule has 0 aromatic heterocycles. The van der Waals surface area contributed by atoms with E-state index >= 15 is 0 Å². The molecule has 0 bridgehead atoms. The lowest BCUT2D eigenvalue weighted by Crippen LogP contribution is -2.22. The monoisotopic (exact) mass is 207 g/mol. The first kappa shape index (κ1) is 8.51. The van der Waals surface area contributed by atoms with Gasteiger partial charge in [0.25, 0.3) is 0 Å². The summed E-state index contributed by atoms with van der Waals surface area (Å²) in [5.41, 5.74) is 5.92. The van der Waals surface area contributed by atoms with Crippen LogP contribution in [-0.4, -0.2) is 0 Å². The highest BCUT2D eigenvalue weighted by atomic mass is 14.8. The molecule has 0 atom stereocenters. The van der Waals surface area contributed by atoms with Crippen LogP contribution in [0.5, 0.6) is 0 Å². The summed E-state index contributed by atoms with van der Waals surface area (Å²) in [6, 6.07) is 8.53. The molecule has 0 saturated carbocycles. The molecule has 1 aromatic rings. The van der Waals surface area contributed by atoms with E-state index in [0.717, 1.165) is 11.8 Å². The summed E-state index contributed by atoms with van der Waals surface area (Å²) >= 11 is 0. The van der Waals surface area contributed by atoms with Crippen LogP contribution in [0.2, 0.25) is 0 Å². The van der Waals surface area contributed by atoms with Crippen LogP contribution in [0.1, 0.15) is 25.7 Å². The fraction of sp³-hybridized carbons (Fsp3) is 0.267. The molecule has 0 N–H and O–H groups in total. The van der Waals surface area contributed by atoms with Crippen LogP contribution < -0.4 is 10.6 Å². The zero-order chi connectivity index (χ0) is 10.5.